The van der Waals surface area contributed by atoms with E-state index < -0.39 is 44.1 Å². The van der Waals surface area contributed by atoms with E-state index >= 15 is 0 Å². The van der Waals surface area contributed by atoms with Gasteiger partial charge in [-0.05, 0) is 0 Å². The number of aromatic nitrogens is 2. The Bertz CT molecular complexity index is 643. The van der Waals surface area contributed by atoms with Gasteiger partial charge in [-0.1, -0.05) is 0 Å². The molecule has 1 aromatic rings. The van der Waals surface area contributed by atoms with E-state index in [1.54, 1.807) is 0 Å². The number of phosphoric ester groups is 1. The molecule has 0 aromatic carbocycles. The van der Waals surface area contributed by atoms with Gasteiger partial charge in [-0.15, -0.1) is 0 Å². The van der Waals surface area contributed by atoms with Gasteiger partial charge >= 0.3 is 64.8 Å². The third-order valence-corrected chi connectivity index (χ3v) is 3.23. The molecule has 0 bridgehead atoms. The summed E-state index contributed by atoms with van der Waals surface area (Å²) in [5.41, 5.74) is -1.31. The van der Waals surface area contributed by atoms with Crippen LogP contribution < -0.4 is 80.2 Å². The molecule has 1 saturated heterocycles. The van der Waals surface area contributed by atoms with E-state index in [0.29, 0.717) is 0 Å². The molecule has 0 amide bonds. The third-order valence-electron chi connectivity index (χ3n) is 2.76. The molecule has 13 heteroatoms. The summed E-state index contributed by atoms with van der Waals surface area (Å²) in [6, 6.07) is 1.10. The first-order chi connectivity index (χ1) is 9.26. The quantitative estimate of drug-likeness (QED) is 0.399. The number of hydrogen-bond donors (Lipinski definition) is 2. The minimum atomic E-state index is -5.16. The van der Waals surface area contributed by atoms with E-state index in [9.17, 15) is 29.0 Å². The van der Waals surface area contributed by atoms with Crippen LogP contribution >= 0.6 is 7.82 Å². The van der Waals surface area contributed by atoms with Crippen LogP contribution in [0.1, 0.15) is 12.6 Å². The first-order valence-corrected chi connectivity index (χ1v) is 7.04. The second-order valence-corrected chi connectivity index (χ2v) is 5.35. The standard InChI is InChI=1S/C9H13N2O8P.2Na/c12-5-3-8(11-2-1-7(13)10-9(11)14)19-6(5)4-18-20(15,16)17;;/h1-2,5-6,8,12H,3-4H2,(H,10,13,14)(H2,15,16,17);;/q;2*+1/p-2/t5-,6+,8-;;/m0../s1. The third kappa shape index (κ3) is 6.31. The van der Waals surface area contributed by atoms with Crippen LogP contribution in [0.15, 0.2) is 21.9 Å². The molecular formula is C9H11N2Na2O8P. The summed E-state index contributed by atoms with van der Waals surface area (Å²) in [6.07, 6.45) is -1.88. The van der Waals surface area contributed by atoms with Crippen LogP contribution in [-0.4, -0.2) is 33.5 Å². The van der Waals surface area contributed by atoms with Crippen LogP contribution in [0.3, 0.4) is 0 Å². The molecule has 3 atom stereocenters. The van der Waals surface area contributed by atoms with Crippen LogP contribution in [0.25, 0.3) is 0 Å². The summed E-state index contributed by atoms with van der Waals surface area (Å²) in [5.74, 6) is 0. The van der Waals surface area contributed by atoms with Crippen LogP contribution in [0.2, 0.25) is 0 Å². The molecule has 1 aliphatic rings. The minimum Gasteiger partial charge on any atom is -0.790 e. The van der Waals surface area contributed by atoms with E-state index in [1.165, 1.54) is 6.20 Å². The molecule has 112 valence electrons. The van der Waals surface area contributed by atoms with Gasteiger partial charge in [0.15, 0.2) is 0 Å². The monoisotopic (exact) mass is 352 g/mol. The maximum atomic E-state index is 11.5. The van der Waals surface area contributed by atoms with Crippen molar-refractivity contribution < 1.29 is 87.8 Å². The maximum Gasteiger partial charge on any atom is 1.00 e. The van der Waals surface area contributed by atoms with Gasteiger partial charge in [0.2, 0.25) is 0 Å². The Labute approximate surface area is 168 Å². The molecule has 0 saturated carbocycles. The van der Waals surface area contributed by atoms with Gasteiger partial charge in [-0.2, -0.15) is 0 Å². The number of hydrogen-bond acceptors (Lipinski definition) is 8. The van der Waals surface area contributed by atoms with Crippen molar-refractivity contribution in [2.45, 2.75) is 24.9 Å². The number of H-pyrrole nitrogens is 1. The van der Waals surface area contributed by atoms with Gasteiger partial charge in [0.05, 0.1) is 20.5 Å². The van der Waals surface area contributed by atoms with Crippen molar-refractivity contribution in [2.75, 3.05) is 6.61 Å². The Balaban J connectivity index is 0.00000220. The van der Waals surface area contributed by atoms with Crippen molar-refractivity contribution in [3.05, 3.63) is 33.1 Å². The summed E-state index contributed by atoms with van der Waals surface area (Å²) in [4.78, 5) is 45.2. The second-order valence-electron chi connectivity index (χ2n) is 4.19. The topological polar surface area (TPSA) is 157 Å². The SMILES string of the molecule is O=c1ccn([C@@H]2C[C@H](O)[C@@H](COP(=O)([O-])[O-])O2)c(=O)[nH]1.[Na+].[Na+]. The number of aliphatic hydroxyl groups is 1. The molecule has 1 aromatic heterocycles. The number of aromatic amines is 1. The molecule has 0 unspecified atom stereocenters. The molecule has 0 spiro atoms. The number of nitrogens with zero attached hydrogens (tertiary/aromatic N) is 1. The fourth-order valence-corrected chi connectivity index (χ4v) is 2.18. The van der Waals surface area contributed by atoms with Crippen LogP contribution in [-0.2, 0) is 13.8 Å². The van der Waals surface area contributed by atoms with Crippen LogP contribution in [0.5, 0.6) is 0 Å². The average Bonchev–Trinajstić information content (AvgIpc) is 2.67. The van der Waals surface area contributed by atoms with Crippen molar-refractivity contribution in [3.63, 3.8) is 0 Å². The van der Waals surface area contributed by atoms with E-state index in [4.69, 9.17) is 4.74 Å². The molecule has 2 N–H and O–H groups in total. The molecule has 1 fully saturated rings. The molecular weight excluding hydrogens is 341 g/mol. The number of phosphoric acid groups is 1. The zero-order valence-corrected chi connectivity index (χ0v) is 16.9. The van der Waals surface area contributed by atoms with Crippen molar-refractivity contribution in [2.24, 2.45) is 0 Å². The van der Waals surface area contributed by atoms with Crippen molar-refractivity contribution >= 4 is 7.82 Å². The van der Waals surface area contributed by atoms with E-state index in [0.717, 1.165) is 10.6 Å². The number of aliphatic hydroxyl groups excluding tert-OH is 1. The summed E-state index contributed by atoms with van der Waals surface area (Å²) >= 11 is 0. The van der Waals surface area contributed by atoms with Gasteiger partial charge in [0.25, 0.3) is 5.56 Å². The molecule has 2 rings (SSSR count). The predicted octanol–water partition coefficient (Wildman–Crippen LogP) is -8.96. The Hall–Kier alpha value is 0.710. The predicted molar refractivity (Wildman–Crippen MR) is 59.4 cm³/mol. The van der Waals surface area contributed by atoms with Crippen molar-refractivity contribution in [1.82, 2.24) is 9.55 Å². The fourth-order valence-electron chi connectivity index (χ4n) is 1.85. The van der Waals surface area contributed by atoms with Gasteiger partial charge in [0.1, 0.15) is 12.3 Å². The number of nitrogens with one attached hydrogen (secondary N) is 1. The summed E-state index contributed by atoms with van der Waals surface area (Å²) in [5, 5.41) is 9.68. The van der Waals surface area contributed by atoms with Gasteiger partial charge in [-0.25, -0.2) is 4.79 Å². The minimum absolute atomic E-state index is 0. The Morgan fingerprint density at radius 2 is 2.09 bits per heavy atom. The fraction of sp³-hybridized carbons (Fsp3) is 0.556. The number of rotatable bonds is 4. The van der Waals surface area contributed by atoms with Crippen molar-refractivity contribution in [3.8, 4) is 0 Å². The van der Waals surface area contributed by atoms with Gasteiger partial charge < -0.3 is 28.7 Å². The first-order valence-electron chi connectivity index (χ1n) is 5.58. The smallest absolute Gasteiger partial charge is 0.790 e. The maximum absolute atomic E-state index is 11.5. The van der Waals surface area contributed by atoms with E-state index in [1.807, 2.05) is 4.98 Å². The largest absolute Gasteiger partial charge is 1.00 e. The summed E-state index contributed by atoms with van der Waals surface area (Å²) < 4.78 is 20.7. The Kier molecular flexibility index (Phi) is 9.56. The van der Waals surface area contributed by atoms with E-state index in [-0.39, 0.29) is 65.5 Å². The second kappa shape index (κ2) is 9.26. The Morgan fingerprint density at radius 1 is 1.45 bits per heavy atom. The average molecular weight is 352 g/mol. The molecule has 0 radical (unpaired) electrons. The normalized spacial score (nSPS) is 24.4. The summed E-state index contributed by atoms with van der Waals surface area (Å²) in [7, 11) is -5.16. The van der Waals surface area contributed by atoms with Gasteiger partial charge in [0, 0.05) is 18.7 Å². The number of ether oxygens (including phenoxy) is 1. The molecule has 22 heavy (non-hydrogen) atoms. The zero-order chi connectivity index (χ0) is 14.9. The molecule has 2 heterocycles. The van der Waals surface area contributed by atoms with E-state index in [2.05, 4.69) is 4.52 Å². The summed E-state index contributed by atoms with van der Waals surface area (Å²) in [6.45, 7) is -0.639. The molecule has 1 aliphatic heterocycles. The van der Waals surface area contributed by atoms with Crippen molar-refractivity contribution in [1.29, 1.82) is 0 Å². The van der Waals surface area contributed by atoms with Crippen LogP contribution in [0.4, 0.5) is 0 Å². The zero-order valence-electron chi connectivity index (χ0n) is 12.0. The Morgan fingerprint density at radius 3 is 2.64 bits per heavy atom. The van der Waals surface area contributed by atoms with Gasteiger partial charge in [-0.3, -0.25) is 14.3 Å². The molecule has 10 nitrogen and oxygen atoms in total. The molecule has 0 aliphatic carbocycles. The first kappa shape index (κ1) is 22.7. The van der Waals surface area contributed by atoms with Crippen LogP contribution in [0, 0.1) is 0 Å².